The number of benzene rings is 2. The van der Waals surface area contributed by atoms with Gasteiger partial charge in [-0.2, -0.15) is 0 Å². The first kappa shape index (κ1) is 27.7. The fraction of sp³-hybridized carbons (Fsp3) is 0.400. The van der Waals surface area contributed by atoms with Gasteiger partial charge in [-0.25, -0.2) is 9.59 Å². The zero-order valence-corrected chi connectivity index (χ0v) is 22.2. The maximum absolute atomic E-state index is 13.2. The van der Waals surface area contributed by atoms with Gasteiger partial charge in [0.15, 0.2) is 23.8 Å². The second kappa shape index (κ2) is 11.2. The van der Waals surface area contributed by atoms with Crippen LogP contribution in [-0.4, -0.2) is 61.1 Å². The third-order valence-corrected chi connectivity index (χ3v) is 6.37. The zero-order valence-electron chi connectivity index (χ0n) is 22.2. The summed E-state index contributed by atoms with van der Waals surface area (Å²) in [7, 11) is 0. The molecule has 0 N–H and O–H groups in total. The third-order valence-electron chi connectivity index (χ3n) is 6.37. The van der Waals surface area contributed by atoms with Crippen LogP contribution in [0.4, 0.5) is 0 Å². The lowest BCUT2D eigenvalue weighted by Gasteiger charge is -2.44. The molecule has 4 atom stereocenters. The van der Waals surface area contributed by atoms with E-state index in [0.29, 0.717) is 11.1 Å². The quantitative estimate of drug-likeness (QED) is 0.446. The summed E-state index contributed by atoms with van der Waals surface area (Å²) in [6.07, 6.45) is -0.0471. The van der Waals surface area contributed by atoms with E-state index in [1.807, 2.05) is 0 Å². The molecule has 0 saturated carbocycles. The molecule has 0 aliphatic carbocycles. The summed E-state index contributed by atoms with van der Waals surface area (Å²) in [5.74, 6) is -3.04. The molecule has 0 unspecified atom stereocenters. The van der Waals surface area contributed by atoms with Gasteiger partial charge in [0.05, 0.1) is 24.3 Å². The summed E-state index contributed by atoms with van der Waals surface area (Å²) in [6, 6.07) is 13.7. The van der Waals surface area contributed by atoms with Crippen LogP contribution in [0.5, 0.6) is 0 Å². The topological polar surface area (TPSA) is 89.5 Å². The molecule has 0 aromatic heterocycles. The van der Waals surface area contributed by atoms with Gasteiger partial charge in [0.25, 0.3) is 0 Å². The molecule has 2 aromatic carbocycles. The highest BCUT2D eigenvalue weighted by Gasteiger charge is 2.51. The first-order chi connectivity index (χ1) is 18.0. The number of carbonyl (C=O) groups excluding carboxylic acids is 2. The summed E-state index contributed by atoms with van der Waals surface area (Å²) in [5, 5.41) is 0. The van der Waals surface area contributed by atoms with Gasteiger partial charge in [0.2, 0.25) is 0 Å². The first-order valence-corrected chi connectivity index (χ1v) is 12.5. The molecule has 2 aliphatic rings. The Hall–Kier alpha value is -3.30. The SMILES string of the molecule is C=Cc1ccc(C(=O)O[C@@H]([C@@H]2OC(C)(C)OC[C@H]2OC(=O)c2ccc(C=C)cc2)[C@H]2COC(C)(C)O2)cc1. The lowest BCUT2D eigenvalue weighted by Crippen LogP contribution is -2.59. The molecular weight excluding hydrogens is 488 g/mol. The van der Waals surface area contributed by atoms with E-state index >= 15 is 0 Å². The highest BCUT2D eigenvalue weighted by Crippen LogP contribution is 2.34. The fourth-order valence-corrected chi connectivity index (χ4v) is 4.33. The van der Waals surface area contributed by atoms with Crippen LogP contribution in [-0.2, 0) is 28.4 Å². The van der Waals surface area contributed by atoms with Crippen LogP contribution in [0.25, 0.3) is 12.2 Å². The Morgan fingerprint density at radius 2 is 1.32 bits per heavy atom. The van der Waals surface area contributed by atoms with Crippen molar-refractivity contribution in [3.63, 3.8) is 0 Å². The van der Waals surface area contributed by atoms with Crippen LogP contribution in [0.3, 0.4) is 0 Å². The second-order valence-electron chi connectivity index (χ2n) is 10.1. The molecule has 2 aromatic rings. The molecule has 2 aliphatic heterocycles. The maximum Gasteiger partial charge on any atom is 0.338 e. The highest BCUT2D eigenvalue weighted by atomic mass is 16.8. The number of ether oxygens (including phenoxy) is 6. The highest BCUT2D eigenvalue weighted by molar-refractivity contribution is 5.90. The molecule has 2 saturated heterocycles. The Bertz CT molecular complexity index is 1170. The van der Waals surface area contributed by atoms with Crippen molar-refractivity contribution in [3.8, 4) is 0 Å². The average molecular weight is 523 g/mol. The van der Waals surface area contributed by atoms with Gasteiger partial charge < -0.3 is 28.4 Å². The van der Waals surface area contributed by atoms with E-state index in [2.05, 4.69) is 13.2 Å². The smallest absolute Gasteiger partial charge is 0.338 e. The van der Waals surface area contributed by atoms with E-state index in [9.17, 15) is 9.59 Å². The van der Waals surface area contributed by atoms with Gasteiger partial charge in [-0.1, -0.05) is 49.6 Å². The summed E-state index contributed by atoms with van der Waals surface area (Å²) in [4.78, 5) is 26.3. The Morgan fingerprint density at radius 1 is 0.816 bits per heavy atom. The van der Waals surface area contributed by atoms with Crippen LogP contribution in [0.2, 0.25) is 0 Å². The molecule has 0 bridgehead atoms. The second-order valence-corrected chi connectivity index (χ2v) is 10.1. The average Bonchev–Trinajstić information content (AvgIpc) is 3.27. The number of rotatable bonds is 8. The van der Waals surface area contributed by atoms with Crippen molar-refractivity contribution in [2.24, 2.45) is 0 Å². The molecule has 0 amide bonds. The Morgan fingerprint density at radius 3 is 1.82 bits per heavy atom. The van der Waals surface area contributed by atoms with Crippen molar-refractivity contribution >= 4 is 24.1 Å². The molecule has 8 heteroatoms. The Labute approximate surface area is 223 Å². The maximum atomic E-state index is 13.2. The van der Waals surface area contributed by atoms with Gasteiger partial charge in [-0.05, 0) is 63.1 Å². The summed E-state index contributed by atoms with van der Waals surface area (Å²) < 4.78 is 35.8. The predicted octanol–water partition coefficient (Wildman–Crippen LogP) is 5.03. The monoisotopic (exact) mass is 522 g/mol. The van der Waals surface area contributed by atoms with Crippen molar-refractivity contribution in [1.29, 1.82) is 0 Å². The minimum Gasteiger partial charge on any atom is -0.453 e. The van der Waals surface area contributed by atoms with E-state index in [1.54, 1.807) is 88.4 Å². The lowest BCUT2D eigenvalue weighted by atomic mass is 10.0. The van der Waals surface area contributed by atoms with Gasteiger partial charge in [0.1, 0.15) is 12.2 Å². The van der Waals surface area contributed by atoms with Crippen LogP contribution < -0.4 is 0 Å². The molecule has 0 spiro atoms. The first-order valence-electron chi connectivity index (χ1n) is 12.5. The van der Waals surface area contributed by atoms with Crippen molar-refractivity contribution in [1.82, 2.24) is 0 Å². The molecule has 38 heavy (non-hydrogen) atoms. The zero-order chi connectivity index (χ0) is 27.5. The van der Waals surface area contributed by atoms with Gasteiger partial charge in [-0.3, -0.25) is 0 Å². The number of carbonyl (C=O) groups is 2. The summed E-state index contributed by atoms with van der Waals surface area (Å²) in [6.45, 7) is 14.7. The minimum atomic E-state index is -1.02. The summed E-state index contributed by atoms with van der Waals surface area (Å²) in [5.41, 5.74) is 2.45. The van der Waals surface area contributed by atoms with Gasteiger partial charge in [0, 0.05) is 0 Å². The molecular formula is C30H34O8. The molecule has 2 fully saturated rings. The van der Waals surface area contributed by atoms with Gasteiger partial charge in [-0.15, -0.1) is 0 Å². The van der Waals surface area contributed by atoms with E-state index in [-0.39, 0.29) is 13.2 Å². The molecule has 8 nitrogen and oxygen atoms in total. The minimum absolute atomic E-state index is 0.0349. The largest absolute Gasteiger partial charge is 0.453 e. The van der Waals surface area contributed by atoms with Crippen LogP contribution in [0.1, 0.15) is 59.5 Å². The van der Waals surface area contributed by atoms with Crippen molar-refractivity contribution < 1.29 is 38.0 Å². The molecule has 2 heterocycles. The number of hydrogen-bond donors (Lipinski definition) is 0. The standard InChI is InChI=1S/C30H34O8/c1-7-19-9-13-21(14-10-19)27(31)35-23-17-33-30(5,6)38-26(23)25(24-18-34-29(3,4)37-24)36-28(32)22-15-11-20(8-2)12-16-22/h7-16,23-26H,1-2,17-18H2,3-6H3/t23-,24-,25-,26-/m1/s1. The van der Waals surface area contributed by atoms with E-state index in [4.69, 9.17) is 28.4 Å². The van der Waals surface area contributed by atoms with Crippen molar-refractivity contribution in [2.75, 3.05) is 13.2 Å². The number of esters is 2. The summed E-state index contributed by atoms with van der Waals surface area (Å²) >= 11 is 0. The van der Waals surface area contributed by atoms with Crippen molar-refractivity contribution in [2.45, 2.75) is 63.7 Å². The Balaban J connectivity index is 1.61. The van der Waals surface area contributed by atoms with E-state index in [1.165, 1.54) is 0 Å². The van der Waals surface area contributed by atoms with Crippen molar-refractivity contribution in [3.05, 3.63) is 83.9 Å². The fourth-order valence-electron chi connectivity index (χ4n) is 4.33. The normalized spacial score (nSPS) is 24.7. The van der Waals surface area contributed by atoms with Crippen LogP contribution in [0.15, 0.2) is 61.7 Å². The molecule has 4 rings (SSSR count). The number of hydrogen-bond acceptors (Lipinski definition) is 8. The Kier molecular flexibility index (Phi) is 8.18. The lowest BCUT2D eigenvalue weighted by molar-refractivity contribution is -0.323. The van der Waals surface area contributed by atoms with Crippen LogP contribution >= 0.6 is 0 Å². The van der Waals surface area contributed by atoms with E-state index in [0.717, 1.165) is 11.1 Å². The predicted molar refractivity (Wildman–Crippen MR) is 141 cm³/mol. The third kappa shape index (κ3) is 6.57. The van der Waals surface area contributed by atoms with Crippen LogP contribution in [0, 0.1) is 0 Å². The van der Waals surface area contributed by atoms with Gasteiger partial charge >= 0.3 is 11.9 Å². The molecule has 202 valence electrons. The molecule has 0 radical (unpaired) electrons. The van der Waals surface area contributed by atoms with E-state index < -0.39 is 47.9 Å².